The van der Waals surface area contributed by atoms with Crippen molar-refractivity contribution in [2.75, 3.05) is 13.2 Å². The summed E-state index contributed by atoms with van der Waals surface area (Å²) in [4.78, 5) is 13.5. The Labute approximate surface area is 113 Å². The maximum absolute atomic E-state index is 11.9. The first-order valence-corrected chi connectivity index (χ1v) is 6.18. The zero-order chi connectivity index (χ0) is 14.3. The Bertz CT molecular complexity index is 484. The molecule has 0 fully saturated rings. The molecule has 0 bridgehead atoms. The van der Waals surface area contributed by atoms with Crippen LogP contribution in [0.1, 0.15) is 25.0 Å². The van der Waals surface area contributed by atoms with Gasteiger partial charge in [-0.2, -0.15) is 5.26 Å². The molecule has 1 rings (SSSR count). The summed E-state index contributed by atoms with van der Waals surface area (Å²) in [6.45, 7) is 4.09. The van der Waals surface area contributed by atoms with Gasteiger partial charge in [0.15, 0.2) is 0 Å². The number of amides is 1. The van der Waals surface area contributed by atoms with Crippen molar-refractivity contribution in [2.24, 2.45) is 0 Å². The summed E-state index contributed by atoms with van der Waals surface area (Å²) in [5.41, 5.74) is 1.45. The number of carbonyl (C=O) groups is 1. The van der Waals surface area contributed by atoms with E-state index in [-0.39, 0.29) is 18.6 Å². The second-order valence-electron chi connectivity index (χ2n) is 4.42. The largest absolute Gasteiger partial charge is 0.395 e. The normalized spacial score (nSPS) is 10.7. The van der Waals surface area contributed by atoms with Crippen molar-refractivity contribution < 1.29 is 9.90 Å². The molecule has 0 aliphatic heterocycles. The van der Waals surface area contributed by atoms with Crippen LogP contribution in [0.15, 0.2) is 30.3 Å². The van der Waals surface area contributed by atoms with E-state index in [1.165, 1.54) is 6.08 Å². The predicted molar refractivity (Wildman–Crippen MR) is 74.1 cm³/mol. The quantitative estimate of drug-likeness (QED) is 0.819. The lowest BCUT2D eigenvalue weighted by Crippen LogP contribution is -2.37. The minimum atomic E-state index is -0.131. The first-order valence-electron chi connectivity index (χ1n) is 6.18. The SMILES string of the molecule is CC(C)N(CCO)C(=O)/C=C/c1ccc(C#N)cc1. The van der Waals surface area contributed by atoms with E-state index >= 15 is 0 Å². The second kappa shape index (κ2) is 7.34. The van der Waals surface area contributed by atoms with Crippen LogP contribution in [0.4, 0.5) is 0 Å². The lowest BCUT2D eigenvalue weighted by molar-refractivity contribution is -0.128. The van der Waals surface area contributed by atoms with Gasteiger partial charge in [0.1, 0.15) is 0 Å². The molecule has 19 heavy (non-hydrogen) atoms. The molecule has 1 aromatic rings. The van der Waals surface area contributed by atoms with Crippen LogP contribution in [0.2, 0.25) is 0 Å². The van der Waals surface area contributed by atoms with Crippen molar-refractivity contribution >= 4 is 12.0 Å². The van der Waals surface area contributed by atoms with Crippen LogP contribution >= 0.6 is 0 Å². The monoisotopic (exact) mass is 258 g/mol. The highest BCUT2D eigenvalue weighted by atomic mass is 16.3. The Morgan fingerprint density at radius 2 is 2.05 bits per heavy atom. The number of nitriles is 1. The van der Waals surface area contributed by atoms with Crippen molar-refractivity contribution in [3.8, 4) is 6.07 Å². The highest BCUT2D eigenvalue weighted by molar-refractivity contribution is 5.92. The van der Waals surface area contributed by atoms with E-state index in [4.69, 9.17) is 10.4 Å². The van der Waals surface area contributed by atoms with E-state index in [0.29, 0.717) is 12.1 Å². The van der Waals surface area contributed by atoms with E-state index in [0.717, 1.165) is 5.56 Å². The molecule has 0 saturated carbocycles. The van der Waals surface area contributed by atoms with Gasteiger partial charge in [0.05, 0.1) is 18.2 Å². The third-order valence-electron chi connectivity index (χ3n) is 2.71. The van der Waals surface area contributed by atoms with Crippen molar-refractivity contribution in [1.29, 1.82) is 5.26 Å². The van der Waals surface area contributed by atoms with Crippen molar-refractivity contribution in [2.45, 2.75) is 19.9 Å². The van der Waals surface area contributed by atoms with E-state index in [2.05, 4.69) is 0 Å². The van der Waals surface area contributed by atoms with Crippen LogP contribution in [0.3, 0.4) is 0 Å². The number of aliphatic hydroxyl groups excluding tert-OH is 1. The van der Waals surface area contributed by atoms with Crippen LogP contribution in [0.25, 0.3) is 6.08 Å². The maximum Gasteiger partial charge on any atom is 0.246 e. The van der Waals surface area contributed by atoms with Crippen LogP contribution in [0, 0.1) is 11.3 Å². The summed E-state index contributed by atoms with van der Waals surface area (Å²) < 4.78 is 0. The van der Waals surface area contributed by atoms with E-state index in [1.807, 2.05) is 19.9 Å². The third-order valence-corrected chi connectivity index (χ3v) is 2.71. The zero-order valence-corrected chi connectivity index (χ0v) is 11.2. The molecule has 1 amide bonds. The van der Waals surface area contributed by atoms with Crippen molar-refractivity contribution in [3.63, 3.8) is 0 Å². The van der Waals surface area contributed by atoms with Gasteiger partial charge in [0, 0.05) is 18.7 Å². The highest BCUT2D eigenvalue weighted by Gasteiger charge is 2.12. The van der Waals surface area contributed by atoms with Crippen LogP contribution in [0.5, 0.6) is 0 Å². The lowest BCUT2D eigenvalue weighted by atomic mass is 10.1. The summed E-state index contributed by atoms with van der Waals surface area (Å²) in [7, 11) is 0. The number of carbonyl (C=O) groups excluding carboxylic acids is 1. The van der Waals surface area contributed by atoms with Crippen molar-refractivity contribution in [1.82, 2.24) is 4.90 Å². The van der Waals surface area contributed by atoms with Gasteiger partial charge in [-0.05, 0) is 37.6 Å². The Morgan fingerprint density at radius 3 is 2.53 bits per heavy atom. The van der Waals surface area contributed by atoms with Gasteiger partial charge in [-0.1, -0.05) is 12.1 Å². The van der Waals surface area contributed by atoms with Crippen LogP contribution in [-0.4, -0.2) is 35.1 Å². The topological polar surface area (TPSA) is 64.3 Å². The summed E-state index contributed by atoms with van der Waals surface area (Å²) in [6, 6.07) is 9.07. The second-order valence-corrected chi connectivity index (χ2v) is 4.42. The maximum atomic E-state index is 11.9. The first-order chi connectivity index (χ1) is 9.08. The molecule has 0 aliphatic rings. The highest BCUT2D eigenvalue weighted by Crippen LogP contribution is 2.07. The van der Waals surface area contributed by atoms with E-state index in [9.17, 15) is 4.79 Å². The van der Waals surface area contributed by atoms with Crippen LogP contribution < -0.4 is 0 Å². The molecule has 4 heteroatoms. The van der Waals surface area contributed by atoms with Gasteiger partial charge in [-0.25, -0.2) is 0 Å². The number of hydrogen-bond donors (Lipinski definition) is 1. The fourth-order valence-electron chi connectivity index (χ4n) is 1.66. The van der Waals surface area contributed by atoms with E-state index < -0.39 is 0 Å². The molecular formula is C15H18N2O2. The molecule has 0 heterocycles. The van der Waals surface area contributed by atoms with Gasteiger partial charge in [0.2, 0.25) is 5.91 Å². The van der Waals surface area contributed by atoms with E-state index in [1.54, 1.807) is 35.2 Å². The molecule has 0 aromatic heterocycles. The minimum Gasteiger partial charge on any atom is -0.395 e. The molecule has 0 spiro atoms. The lowest BCUT2D eigenvalue weighted by Gasteiger charge is -2.24. The first kappa shape index (κ1) is 14.9. The fourth-order valence-corrected chi connectivity index (χ4v) is 1.66. The molecule has 1 aromatic carbocycles. The smallest absolute Gasteiger partial charge is 0.246 e. The molecule has 4 nitrogen and oxygen atoms in total. The summed E-state index contributed by atoms with van der Waals surface area (Å²) >= 11 is 0. The number of benzene rings is 1. The molecule has 100 valence electrons. The predicted octanol–water partition coefficient (Wildman–Crippen LogP) is 1.80. The zero-order valence-electron chi connectivity index (χ0n) is 11.2. The summed E-state index contributed by atoms with van der Waals surface area (Å²) in [6.07, 6.45) is 3.19. The average molecular weight is 258 g/mol. The number of nitrogens with zero attached hydrogens (tertiary/aromatic N) is 2. The molecule has 1 N–H and O–H groups in total. The summed E-state index contributed by atoms with van der Waals surface area (Å²) in [5.74, 6) is -0.131. The number of hydrogen-bond acceptors (Lipinski definition) is 3. The molecule has 0 saturated heterocycles. The summed E-state index contributed by atoms with van der Waals surface area (Å²) in [5, 5.41) is 17.6. The standard InChI is InChI=1S/C15H18N2O2/c1-12(2)17(9-10-18)15(19)8-7-13-3-5-14(11-16)6-4-13/h3-8,12,18H,9-10H2,1-2H3/b8-7+. The molecule has 0 atom stereocenters. The molecule has 0 aliphatic carbocycles. The Hall–Kier alpha value is -2.12. The Balaban J connectivity index is 2.73. The van der Waals surface area contributed by atoms with Gasteiger partial charge >= 0.3 is 0 Å². The molecule has 0 radical (unpaired) electrons. The van der Waals surface area contributed by atoms with Gasteiger partial charge in [0.25, 0.3) is 0 Å². The van der Waals surface area contributed by atoms with Gasteiger partial charge in [-0.3, -0.25) is 4.79 Å². The van der Waals surface area contributed by atoms with Crippen LogP contribution in [-0.2, 0) is 4.79 Å². The number of rotatable bonds is 5. The minimum absolute atomic E-state index is 0.0465. The fraction of sp³-hybridized carbons (Fsp3) is 0.333. The molecular weight excluding hydrogens is 240 g/mol. The van der Waals surface area contributed by atoms with Gasteiger partial charge < -0.3 is 10.0 Å². The molecule has 0 unspecified atom stereocenters. The van der Waals surface area contributed by atoms with Gasteiger partial charge in [-0.15, -0.1) is 0 Å². The van der Waals surface area contributed by atoms with Crippen molar-refractivity contribution in [3.05, 3.63) is 41.5 Å². The Morgan fingerprint density at radius 1 is 1.42 bits per heavy atom. The average Bonchev–Trinajstić information content (AvgIpc) is 2.42. The third kappa shape index (κ3) is 4.57. The Kier molecular flexibility index (Phi) is 5.77. The number of aliphatic hydroxyl groups is 1.